The van der Waals surface area contributed by atoms with Gasteiger partial charge in [-0.2, -0.15) is 13.2 Å². The number of methoxy groups -OCH3 is 1. The SMILES string of the molecule is COCCN1CCOC2CCC1C2OCC1CC1.O=C(O)C(F)(F)F. The summed E-state index contributed by atoms with van der Waals surface area (Å²) in [5.41, 5.74) is 0. The second kappa shape index (κ2) is 9.16. The van der Waals surface area contributed by atoms with Gasteiger partial charge in [0, 0.05) is 32.8 Å². The van der Waals surface area contributed by atoms with Crippen LogP contribution in [0.3, 0.4) is 0 Å². The predicted octanol–water partition coefficient (Wildman–Crippen LogP) is 1.92. The van der Waals surface area contributed by atoms with E-state index < -0.39 is 12.1 Å². The Hall–Kier alpha value is -0.900. The van der Waals surface area contributed by atoms with Crippen LogP contribution in [0, 0.1) is 5.92 Å². The molecule has 3 aliphatic rings. The van der Waals surface area contributed by atoms with Crippen LogP contribution in [0.4, 0.5) is 13.2 Å². The predicted molar refractivity (Wildman–Crippen MR) is 82.4 cm³/mol. The van der Waals surface area contributed by atoms with Gasteiger partial charge in [0.1, 0.15) is 0 Å². The van der Waals surface area contributed by atoms with Crippen molar-refractivity contribution in [2.45, 2.75) is 50.1 Å². The molecule has 25 heavy (non-hydrogen) atoms. The molecule has 1 aliphatic heterocycles. The molecule has 0 aromatic heterocycles. The lowest BCUT2D eigenvalue weighted by molar-refractivity contribution is -0.192. The molecule has 3 fully saturated rings. The molecular weight excluding hydrogens is 343 g/mol. The van der Waals surface area contributed by atoms with Crippen LogP contribution in [-0.4, -0.2) is 80.4 Å². The first-order valence-electron chi connectivity index (χ1n) is 8.59. The second-order valence-corrected chi connectivity index (χ2v) is 6.63. The molecule has 0 aromatic carbocycles. The Morgan fingerprint density at radius 1 is 1.28 bits per heavy atom. The smallest absolute Gasteiger partial charge is 0.475 e. The number of ether oxygens (including phenoxy) is 3. The lowest BCUT2D eigenvalue weighted by Crippen LogP contribution is -2.44. The Kier molecular flexibility index (Phi) is 7.48. The maximum atomic E-state index is 10.6. The molecule has 6 nitrogen and oxygen atoms in total. The Balaban J connectivity index is 0.000000277. The maximum Gasteiger partial charge on any atom is 0.490 e. The number of hydrogen-bond donors (Lipinski definition) is 1. The average Bonchev–Trinajstić information content (AvgIpc) is 3.28. The molecule has 146 valence electrons. The van der Waals surface area contributed by atoms with Gasteiger partial charge in [0.15, 0.2) is 0 Å². The van der Waals surface area contributed by atoms with Crippen molar-refractivity contribution in [3.8, 4) is 0 Å². The van der Waals surface area contributed by atoms with Crippen LogP contribution in [0.1, 0.15) is 25.7 Å². The van der Waals surface area contributed by atoms with E-state index in [9.17, 15) is 13.2 Å². The van der Waals surface area contributed by atoms with E-state index >= 15 is 0 Å². The molecular formula is C16H26F3NO5. The Morgan fingerprint density at radius 3 is 2.52 bits per heavy atom. The molecule has 1 heterocycles. The van der Waals surface area contributed by atoms with Crippen molar-refractivity contribution in [3.05, 3.63) is 0 Å². The first-order chi connectivity index (χ1) is 11.8. The fraction of sp³-hybridized carbons (Fsp3) is 0.938. The highest BCUT2D eigenvalue weighted by molar-refractivity contribution is 5.73. The molecule has 0 amide bonds. The van der Waals surface area contributed by atoms with Crippen molar-refractivity contribution in [1.82, 2.24) is 4.90 Å². The maximum absolute atomic E-state index is 10.6. The Morgan fingerprint density at radius 2 is 1.96 bits per heavy atom. The lowest BCUT2D eigenvalue weighted by Gasteiger charge is -2.30. The number of carbonyl (C=O) groups is 1. The minimum absolute atomic E-state index is 0.296. The Bertz CT molecular complexity index is 430. The molecule has 2 bridgehead atoms. The molecule has 3 rings (SSSR count). The van der Waals surface area contributed by atoms with Crippen molar-refractivity contribution < 1.29 is 37.3 Å². The van der Waals surface area contributed by atoms with Gasteiger partial charge in [-0.3, -0.25) is 4.90 Å². The highest BCUT2D eigenvalue weighted by atomic mass is 19.4. The number of carboxylic acids is 1. The summed E-state index contributed by atoms with van der Waals surface area (Å²) in [4.78, 5) is 11.4. The fourth-order valence-electron chi connectivity index (χ4n) is 3.20. The van der Waals surface area contributed by atoms with Crippen molar-refractivity contribution in [2.75, 3.05) is 40.0 Å². The highest BCUT2D eigenvalue weighted by Crippen LogP contribution is 2.35. The van der Waals surface area contributed by atoms with Gasteiger partial charge in [0.2, 0.25) is 0 Å². The van der Waals surface area contributed by atoms with Crippen molar-refractivity contribution in [3.63, 3.8) is 0 Å². The lowest BCUT2D eigenvalue weighted by atomic mass is 10.1. The van der Waals surface area contributed by atoms with E-state index in [-0.39, 0.29) is 0 Å². The molecule has 3 atom stereocenters. The van der Waals surface area contributed by atoms with Crippen LogP contribution in [0.25, 0.3) is 0 Å². The zero-order valence-corrected chi connectivity index (χ0v) is 14.3. The van der Waals surface area contributed by atoms with Crippen LogP contribution >= 0.6 is 0 Å². The van der Waals surface area contributed by atoms with Crippen LogP contribution in [0.5, 0.6) is 0 Å². The number of carboxylic acid groups (broad SMARTS) is 1. The van der Waals surface area contributed by atoms with E-state index in [1.165, 1.54) is 19.3 Å². The molecule has 2 saturated carbocycles. The third kappa shape index (κ3) is 6.40. The third-order valence-electron chi connectivity index (χ3n) is 4.72. The summed E-state index contributed by atoms with van der Waals surface area (Å²) in [6.07, 6.45) is 0.631. The van der Waals surface area contributed by atoms with E-state index in [0.29, 0.717) is 18.2 Å². The van der Waals surface area contributed by atoms with E-state index in [2.05, 4.69) is 4.90 Å². The molecule has 0 radical (unpaired) electrons. The van der Waals surface area contributed by atoms with E-state index in [0.717, 1.165) is 45.2 Å². The number of fused-ring (bicyclic) bond motifs is 2. The number of nitrogens with zero attached hydrogens (tertiary/aromatic N) is 1. The van der Waals surface area contributed by atoms with Crippen molar-refractivity contribution in [2.24, 2.45) is 5.92 Å². The monoisotopic (exact) mass is 369 g/mol. The normalized spacial score (nSPS) is 29.7. The van der Waals surface area contributed by atoms with Crippen molar-refractivity contribution >= 4 is 5.97 Å². The summed E-state index contributed by atoms with van der Waals surface area (Å²) in [6, 6.07) is 0.548. The van der Waals surface area contributed by atoms with Gasteiger partial charge in [-0.15, -0.1) is 0 Å². The zero-order chi connectivity index (χ0) is 18.4. The standard InChI is InChI=1S/C14H25NO3.C2HF3O2/c1-16-8-6-15-7-9-17-13-5-4-12(15)14(13)18-10-11-2-3-11;3-2(4,5)1(6)7/h11-14H,2-10H2,1H3;(H,6,7). The van der Waals surface area contributed by atoms with Crippen LogP contribution in [-0.2, 0) is 19.0 Å². The number of alkyl halides is 3. The highest BCUT2D eigenvalue weighted by Gasteiger charge is 2.43. The summed E-state index contributed by atoms with van der Waals surface area (Å²) < 4.78 is 49.1. The second-order valence-electron chi connectivity index (χ2n) is 6.63. The topological polar surface area (TPSA) is 68.2 Å². The number of halogens is 3. The third-order valence-corrected chi connectivity index (χ3v) is 4.72. The Labute approximate surface area is 145 Å². The quantitative estimate of drug-likeness (QED) is 0.772. The van der Waals surface area contributed by atoms with E-state index in [1.54, 1.807) is 7.11 Å². The summed E-state index contributed by atoms with van der Waals surface area (Å²) in [5, 5.41) is 7.12. The molecule has 1 N–H and O–H groups in total. The number of hydrogen-bond acceptors (Lipinski definition) is 5. The van der Waals surface area contributed by atoms with Gasteiger partial charge in [-0.25, -0.2) is 4.79 Å². The summed E-state index contributed by atoms with van der Waals surface area (Å²) >= 11 is 0. The van der Waals surface area contributed by atoms with Gasteiger partial charge < -0.3 is 19.3 Å². The first kappa shape index (κ1) is 20.4. The van der Waals surface area contributed by atoms with Crippen molar-refractivity contribution in [1.29, 1.82) is 0 Å². The van der Waals surface area contributed by atoms with Gasteiger partial charge in [-0.1, -0.05) is 0 Å². The van der Waals surface area contributed by atoms with Gasteiger partial charge in [0.05, 0.1) is 25.4 Å². The van der Waals surface area contributed by atoms with Gasteiger partial charge in [0.25, 0.3) is 0 Å². The first-order valence-corrected chi connectivity index (χ1v) is 8.59. The molecule has 0 aromatic rings. The largest absolute Gasteiger partial charge is 0.490 e. The van der Waals surface area contributed by atoms with Crippen LogP contribution < -0.4 is 0 Å². The van der Waals surface area contributed by atoms with E-state index in [1.807, 2.05) is 0 Å². The number of rotatable bonds is 6. The fourth-order valence-corrected chi connectivity index (χ4v) is 3.20. The molecule has 0 spiro atoms. The van der Waals surface area contributed by atoms with Crippen LogP contribution in [0.15, 0.2) is 0 Å². The minimum Gasteiger partial charge on any atom is -0.475 e. The molecule has 9 heteroatoms. The molecule has 3 unspecified atom stereocenters. The minimum atomic E-state index is -5.08. The average molecular weight is 369 g/mol. The van der Waals surface area contributed by atoms with Gasteiger partial charge in [-0.05, 0) is 31.6 Å². The summed E-state index contributed by atoms with van der Waals surface area (Å²) in [7, 11) is 1.77. The zero-order valence-electron chi connectivity index (χ0n) is 14.3. The summed E-state index contributed by atoms with van der Waals surface area (Å²) in [6.45, 7) is 4.61. The van der Waals surface area contributed by atoms with Gasteiger partial charge >= 0.3 is 12.1 Å². The number of aliphatic carboxylic acids is 1. The van der Waals surface area contributed by atoms with Crippen LogP contribution in [0.2, 0.25) is 0 Å². The van der Waals surface area contributed by atoms with E-state index in [4.69, 9.17) is 24.1 Å². The summed E-state index contributed by atoms with van der Waals surface area (Å²) in [5.74, 6) is -1.92. The molecule has 2 aliphatic carbocycles. The molecule has 1 saturated heterocycles.